The lowest BCUT2D eigenvalue weighted by Crippen LogP contribution is -1.91. The molecule has 0 spiro atoms. The summed E-state index contributed by atoms with van der Waals surface area (Å²) < 4.78 is 0. The summed E-state index contributed by atoms with van der Waals surface area (Å²) in [5, 5.41) is 0. The average molecular weight is 236 g/mol. The van der Waals surface area contributed by atoms with E-state index in [2.05, 4.69) is 64.6 Å². The van der Waals surface area contributed by atoms with Crippen molar-refractivity contribution in [2.24, 2.45) is 0 Å². The molecule has 0 amide bonds. The van der Waals surface area contributed by atoms with Crippen LogP contribution in [0.2, 0.25) is 0 Å². The summed E-state index contributed by atoms with van der Waals surface area (Å²) in [5.41, 5.74) is 9.12. The lowest BCUT2D eigenvalue weighted by atomic mass is 9.92. The van der Waals surface area contributed by atoms with Crippen molar-refractivity contribution in [2.45, 2.75) is 27.7 Å². The Bertz CT molecular complexity index is 604. The van der Waals surface area contributed by atoms with Gasteiger partial charge in [-0.15, -0.1) is 0 Å². The first-order chi connectivity index (χ1) is 8.52. The van der Waals surface area contributed by atoms with Crippen molar-refractivity contribution in [2.75, 3.05) is 0 Å². The van der Waals surface area contributed by atoms with Crippen LogP contribution in [0.3, 0.4) is 0 Å². The van der Waals surface area contributed by atoms with Crippen LogP contribution in [0.5, 0.6) is 0 Å². The van der Waals surface area contributed by atoms with E-state index in [0.717, 1.165) is 0 Å². The van der Waals surface area contributed by atoms with Crippen LogP contribution in [0.1, 0.15) is 27.8 Å². The second-order valence-corrected chi connectivity index (χ2v) is 5.05. The minimum absolute atomic E-state index is 1.22. The molecule has 0 saturated heterocycles. The molecule has 0 aliphatic carbocycles. The van der Waals surface area contributed by atoms with Crippen LogP contribution in [0.15, 0.2) is 36.9 Å². The van der Waals surface area contributed by atoms with E-state index in [9.17, 15) is 0 Å². The number of hydrogen-bond donors (Lipinski definition) is 0. The Hall–Kier alpha value is -1.82. The summed E-state index contributed by atoms with van der Waals surface area (Å²) in [4.78, 5) is 0. The first-order valence-electron chi connectivity index (χ1n) is 6.34. The smallest absolute Gasteiger partial charge is 0.0149 e. The fourth-order valence-corrected chi connectivity index (χ4v) is 2.37. The predicted octanol–water partition coefficient (Wildman–Crippen LogP) is 5.23. The third-order valence-electron chi connectivity index (χ3n) is 3.52. The lowest BCUT2D eigenvalue weighted by molar-refractivity contribution is 1.34. The highest BCUT2D eigenvalue weighted by atomic mass is 14.1. The molecule has 0 atom stereocenters. The Balaban J connectivity index is 2.67. The maximum absolute atomic E-state index is 3.87. The van der Waals surface area contributed by atoms with Crippen molar-refractivity contribution < 1.29 is 0 Å². The van der Waals surface area contributed by atoms with Gasteiger partial charge in [0, 0.05) is 0 Å². The molecule has 0 bridgehead atoms. The Kier molecular flexibility index (Phi) is 3.38. The zero-order valence-electron chi connectivity index (χ0n) is 11.7. The molecule has 0 N–H and O–H groups in total. The van der Waals surface area contributed by atoms with E-state index in [1.54, 1.807) is 0 Å². The summed E-state index contributed by atoms with van der Waals surface area (Å²) in [5.74, 6) is 0. The van der Waals surface area contributed by atoms with Crippen molar-refractivity contribution in [3.8, 4) is 11.1 Å². The van der Waals surface area contributed by atoms with Crippen molar-refractivity contribution in [3.63, 3.8) is 0 Å². The summed E-state index contributed by atoms with van der Waals surface area (Å²) in [7, 11) is 0. The molecule has 92 valence electrons. The molecule has 0 aromatic heterocycles. The molecule has 0 saturated carbocycles. The van der Waals surface area contributed by atoms with E-state index in [-0.39, 0.29) is 0 Å². The zero-order chi connectivity index (χ0) is 13.3. The van der Waals surface area contributed by atoms with Gasteiger partial charge in [0.05, 0.1) is 0 Å². The topological polar surface area (TPSA) is 0 Å². The maximum Gasteiger partial charge on any atom is -0.0149 e. The van der Waals surface area contributed by atoms with E-state index < -0.39 is 0 Å². The average Bonchev–Trinajstić information content (AvgIpc) is 2.35. The minimum Gasteiger partial charge on any atom is -0.0985 e. The van der Waals surface area contributed by atoms with E-state index in [1.807, 2.05) is 6.08 Å². The van der Waals surface area contributed by atoms with E-state index in [0.29, 0.717) is 0 Å². The number of aryl methyl sites for hydroxylation is 4. The second-order valence-electron chi connectivity index (χ2n) is 5.05. The van der Waals surface area contributed by atoms with Crippen LogP contribution in [-0.4, -0.2) is 0 Å². The molecule has 2 aromatic rings. The van der Waals surface area contributed by atoms with Gasteiger partial charge in [0.25, 0.3) is 0 Å². The number of benzene rings is 2. The van der Waals surface area contributed by atoms with Crippen LogP contribution in [0.4, 0.5) is 0 Å². The quantitative estimate of drug-likeness (QED) is 0.669. The fourth-order valence-electron chi connectivity index (χ4n) is 2.37. The van der Waals surface area contributed by atoms with Gasteiger partial charge >= 0.3 is 0 Å². The van der Waals surface area contributed by atoms with Gasteiger partial charge in [-0.1, -0.05) is 48.6 Å². The molecular formula is C18H20. The molecular weight excluding hydrogens is 216 g/mol. The van der Waals surface area contributed by atoms with Crippen LogP contribution >= 0.6 is 0 Å². The molecule has 18 heavy (non-hydrogen) atoms. The van der Waals surface area contributed by atoms with Gasteiger partial charge in [0.2, 0.25) is 0 Å². The van der Waals surface area contributed by atoms with E-state index >= 15 is 0 Å². The Morgan fingerprint density at radius 2 is 1.44 bits per heavy atom. The highest BCUT2D eigenvalue weighted by Crippen LogP contribution is 2.30. The summed E-state index contributed by atoms with van der Waals surface area (Å²) in [6, 6.07) is 11.1. The summed E-state index contributed by atoms with van der Waals surface area (Å²) in [6.07, 6.45) is 1.93. The largest absolute Gasteiger partial charge is 0.0985 e. The van der Waals surface area contributed by atoms with Gasteiger partial charge in [-0.05, 0) is 61.1 Å². The van der Waals surface area contributed by atoms with E-state index in [1.165, 1.54) is 38.9 Å². The predicted molar refractivity (Wildman–Crippen MR) is 80.9 cm³/mol. The van der Waals surface area contributed by atoms with Crippen molar-refractivity contribution in [3.05, 3.63) is 64.7 Å². The summed E-state index contributed by atoms with van der Waals surface area (Å²) in [6.45, 7) is 12.5. The first-order valence-corrected chi connectivity index (χ1v) is 6.34. The molecule has 0 radical (unpaired) electrons. The van der Waals surface area contributed by atoms with Crippen molar-refractivity contribution in [1.29, 1.82) is 0 Å². The van der Waals surface area contributed by atoms with Gasteiger partial charge in [-0.25, -0.2) is 0 Å². The Morgan fingerprint density at radius 1 is 0.778 bits per heavy atom. The van der Waals surface area contributed by atoms with Crippen LogP contribution < -0.4 is 0 Å². The molecule has 0 unspecified atom stereocenters. The van der Waals surface area contributed by atoms with E-state index in [4.69, 9.17) is 0 Å². The lowest BCUT2D eigenvalue weighted by Gasteiger charge is -2.13. The Morgan fingerprint density at radius 3 is 2.11 bits per heavy atom. The normalized spacial score (nSPS) is 10.4. The SMILES string of the molecule is C=Cc1cc(C)c(-c2cc(C)ccc2C)cc1C. The van der Waals surface area contributed by atoms with Gasteiger partial charge in [-0.2, -0.15) is 0 Å². The molecule has 0 aliphatic rings. The first kappa shape index (κ1) is 12.6. The van der Waals surface area contributed by atoms with Gasteiger partial charge in [0.1, 0.15) is 0 Å². The van der Waals surface area contributed by atoms with Crippen LogP contribution in [0.25, 0.3) is 17.2 Å². The van der Waals surface area contributed by atoms with Crippen molar-refractivity contribution in [1.82, 2.24) is 0 Å². The van der Waals surface area contributed by atoms with Crippen molar-refractivity contribution >= 4 is 6.08 Å². The molecule has 0 nitrogen and oxygen atoms in total. The molecule has 0 fully saturated rings. The van der Waals surface area contributed by atoms with Gasteiger partial charge < -0.3 is 0 Å². The minimum atomic E-state index is 1.22. The third-order valence-corrected chi connectivity index (χ3v) is 3.52. The highest BCUT2D eigenvalue weighted by Gasteiger charge is 2.07. The maximum atomic E-state index is 3.87. The van der Waals surface area contributed by atoms with Gasteiger partial charge in [-0.3, -0.25) is 0 Å². The Labute approximate surface area is 110 Å². The van der Waals surface area contributed by atoms with Gasteiger partial charge in [0.15, 0.2) is 0 Å². The number of hydrogen-bond acceptors (Lipinski definition) is 0. The monoisotopic (exact) mass is 236 g/mol. The third kappa shape index (κ3) is 2.24. The molecule has 0 aliphatic heterocycles. The van der Waals surface area contributed by atoms with Crippen LogP contribution in [0, 0.1) is 27.7 Å². The summed E-state index contributed by atoms with van der Waals surface area (Å²) >= 11 is 0. The number of rotatable bonds is 2. The second kappa shape index (κ2) is 4.81. The highest BCUT2D eigenvalue weighted by molar-refractivity contribution is 5.74. The fraction of sp³-hybridized carbons (Fsp3) is 0.222. The zero-order valence-corrected chi connectivity index (χ0v) is 11.7. The molecule has 0 heterocycles. The van der Waals surface area contributed by atoms with Crippen LogP contribution in [-0.2, 0) is 0 Å². The molecule has 2 rings (SSSR count). The standard InChI is InChI=1S/C18H20/c1-6-16-10-15(5)18(11-14(16)4)17-9-12(2)7-8-13(17)3/h6-11H,1H2,2-5H3. The molecule has 2 aromatic carbocycles. The molecule has 0 heteroatoms.